The second kappa shape index (κ2) is 5.23. The number of alkyl halides is 3. The molecule has 0 amide bonds. The van der Waals surface area contributed by atoms with Crippen LogP contribution in [-0.4, -0.2) is 11.0 Å². The van der Waals surface area contributed by atoms with Gasteiger partial charge in [-0.25, -0.2) is 9.78 Å². The molecule has 0 aliphatic heterocycles. The summed E-state index contributed by atoms with van der Waals surface area (Å²) in [5.41, 5.74) is 0.254. The molecule has 0 aliphatic carbocycles. The first kappa shape index (κ1) is 13.6. The minimum absolute atomic E-state index is 0.0516. The molecule has 1 heterocycles. The van der Waals surface area contributed by atoms with Crippen molar-refractivity contribution in [1.29, 1.82) is 0 Å². The molecule has 1 aromatic heterocycles. The van der Waals surface area contributed by atoms with Crippen molar-refractivity contribution >= 4 is 52.4 Å². The number of hydrogen-bond donors (Lipinski definition) is 0. The number of carbonyl (C=O) groups is 1. The van der Waals surface area contributed by atoms with Crippen molar-refractivity contribution in [2.45, 2.75) is 3.79 Å². The van der Waals surface area contributed by atoms with Crippen LogP contribution >= 0.6 is 46.4 Å². The van der Waals surface area contributed by atoms with Gasteiger partial charge >= 0.3 is 5.97 Å². The number of halogens is 4. The van der Waals surface area contributed by atoms with Gasteiger partial charge in [0.25, 0.3) is 0 Å². The van der Waals surface area contributed by atoms with Gasteiger partial charge in [0.05, 0.1) is 0 Å². The zero-order valence-corrected chi connectivity index (χ0v) is 10.7. The molecule has 0 spiro atoms. The van der Waals surface area contributed by atoms with Crippen LogP contribution in [0.1, 0.15) is 5.56 Å². The third-order valence-electron chi connectivity index (χ3n) is 1.47. The van der Waals surface area contributed by atoms with Crippen LogP contribution < -0.4 is 4.74 Å². The Bertz CT molecular complexity index is 428. The molecular formula is C9H5Cl4NO2. The predicted molar refractivity (Wildman–Crippen MR) is 64.3 cm³/mol. The van der Waals surface area contributed by atoms with Crippen LogP contribution in [-0.2, 0) is 8.59 Å². The zero-order valence-electron chi connectivity index (χ0n) is 7.71. The van der Waals surface area contributed by atoms with Gasteiger partial charge in [-0.1, -0.05) is 53.0 Å². The molecule has 0 N–H and O–H groups in total. The Morgan fingerprint density at radius 2 is 2.06 bits per heavy atom. The van der Waals surface area contributed by atoms with Gasteiger partial charge in [0, 0.05) is 17.7 Å². The van der Waals surface area contributed by atoms with E-state index in [1.165, 1.54) is 12.1 Å². The summed E-state index contributed by atoms with van der Waals surface area (Å²) >= 11 is 22.6. The van der Waals surface area contributed by atoms with E-state index >= 15 is 0 Å². The lowest BCUT2D eigenvalue weighted by Gasteiger charge is -2.12. The number of pyridine rings is 1. The van der Waals surface area contributed by atoms with Gasteiger partial charge in [0.15, 0.2) is 0 Å². The summed E-state index contributed by atoms with van der Waals surface area (Å²) in [4.78, 5) is 14.7. The van der Waals surface area contributed by atoms with E-state index in [9.17, 15) is 4.79 Å². The van der Waals surface area contributed by atoms with E-state index in [1.807, 2.05) is 0 Å². The first-order valence-electron chi connectivity index (χ1n) is 3.92. The normalized spacial score (nSPS) is 11.0. The average Bonchev–Trinajstić information content (AvgIpc) is 2.15. The maximum atomic E-state index is 10.9. The van der Waals surface area contributed by atoms with Crippen molar-refractivity contribution in [2.75, 3.05) is 0 Å². The summed E-state index contributed by atoms with van der Waals surface area (Å²) in [7, 11) is 0. The molecule has 0 radical (unpaired) electrons. The fourth-order valence-electron chi connectivity index (χ4n) is 0.834. The van der Waals surface area contributed by atoms with E-state index in [1.54, 1.807) is 0 Å². The number of esters is 1. The highest BCUT2D eigenvalue weighted by Gasteiger charge is 2.24. The molecule has 3 nitrogen and oxygen atoms in total. The van der Waals surface area contributed by atoms with Crippen LogP contribution in [0.25, 0.3) is 0 Å². The second-order valence-corrected chi connectivity index (χ2v) is 5.31. The average molecular weight is 301 g/mol. The summed E-state index contributed by atoms with van der Waals surface area (Å²) in [6, 6.07) is 2.67. The number of nitrogens with zero attached hydrogens (tertiary/aromatic N) is 1. The van der Waals surface area contributed by atoms with Gasteiger partial charge < -0.3 is 4.74 Å². The first-order valence-corrected chi connectivity index (χ1v) is 5.43. The highest BCUT2D eigenvalue weighted by atomic mass is 35.6. The molecule has 0 unspecified atom stereocenters. The van der Waals surface area contributed by atoms with Crippen LogP contribution in [0.4, 0.5) is 0 Å². The Morgan fingerprint density at radius 1 is 1.44 bits per heavy atom. The largest absolute Gasteiger partial charge is 0.404 e. The summed E-state index contributed by atoms with van der Waals surface area (Å²) in [5.74, 6) is -0.733. The van der Waals surface area contributed by atoms with Gasteiger partial charge in [-0.2, -0.15) is 0 Å². The molecule has 86 valence electrons. The summed E-state index contributed by atoms with van der Waals surface area (Å²) in [5, 5.41) is 0.0516. The van der Waals surface area contributed by atoms with Crippen LogP contribution in [0.5, 0.6) is 5.88 Å². The molecule has 1 rings (SSSR count). The lowest BCUT2D eigenvalue weighted by molar-refractivity contribution is -0.129. The number of aromatic nitrogens is 1. The van der Waals surface area contributed by atoms with Crippen LogP contribution in [0, 0.1) is 0 Å². The molecule has 0 fully saturated rings. The quantitative estimate of drug-likeness (QED) is 0.362. The van der Waals surface area contributed by atoms with Crippen molar-refractivity contribution in [3.05, 3.63) is 35.5 Å². The molecule has 7 heteroatoms. The third kappa shape index (κ3) is 3.83. The maximum absolute atomic E-state index is 10.9. The Kier molecular flexibility index (Phi) is 4.44. The minimum atomic E-state index is -1.66. The molecule has 16 heavy (non-hydrogen) atoms. The monoisotopic (exact) mass is 299 g/mol. The lowest BCUT2D eigenvalue weighted by atomic mass is 10.3. The van der Waals surface area contributed by atoms with E-state index in [2.05, 4.69) is 11.6 Å². The van der Waals surface area contributed by atoms with E-state index in [4.69, 9.17) is 51.1 Å². The Labute approximate surface area is 112 Å². The SMILES string of the molecule is C=CC(=O)Oc1cc(C(Cl)(Cl)Cl)cc(Cl)n1. The van der Waals surface area contributed by atoms with Crippen LogP contribution in [0.15, 0.2) is 24.8 Å². The smallest absolute Gasteiger partial charge is 0.336 e. The van der Waals surface area contributed by atoms with Crippen LogP contribution in [0.3, 0.4) is 0 Å². The van der Waals surface area contributed by atoms with Gasteiger partial charge in [-0.3, -0.25) is 0 Å². The van der Waals surface area contributed by atoms with E-state index in [-0.39, 0.29) is 16.6 Å². The molecule has 0 aliphatic rings. The van der Waals surface area contributed by atoms with Crippen molar-refractivity contribution in [3.63, 3.8) is 0 Å². The fraction of sp³-hybridized carbons (Fsp3) is 0.111. The first-order chi connectivity index (χ1) is 7.32. The van der Waals surface area contributed by atoms with E-state index < -0.39 is 9.76 Å². The standard InChI is InChI=1S/C9H5Cl4NO2/c1-2-8(15)16-7-4-5(9(11,12)13)3-6(10)14-7/h2-4H,1H2. The van der Waals surface area contributed by atoms with E-state index in [0.29, 0.717) is 0 Å². The van der Waals surface area contributed by atoms with Crippen molar-refractivity contribution < 1.29 is 9.53 Å². The van der Waals surface area contributed by atoms with Crippen LogP contribution in [0.2, 0.25) is 5.15 Å². The number of ether oxygens (including phenoxy) is 1. The van der Waals surface area contributed by atoms with Crippen molar-refractivity contribution in [1.82, 2.24) is 4.98 Å². The molecule has 0 saturated heterocycles. The summed E-state index contributed by atoms with van der Waals surface area (Å²) in [6.45, 7) is 3.24. The van der Waals surface area contributed by atoms with Crippen molar-refractivity contribution in [3.8, 4) is 5.88 Å². The predicted octanol–water partition coefficient (Wildman–Crippen LogP) is 3.65. The molecule has 0 atom stereocenters. The molecule has 0 saturated carbocycles. The summed E-state index contributed by atoms with van der Waals surface area (Å²) < 4.78 is 3.09. The third-order valence-corrected chi connectivity index (χ3v) is 2.32. The Morgan fingerprint density at radius 3 is 2.56 bits per heavy atom. The maximum Gasteiger partial charge on any atom is 0.336 e. The fourth-order valence-corrected chi connectivity index (χ4v) is 1.36. The van der Waals surface area contributed by atoms with Gasteiger partial charge in [-0.15, -0.1) is 0 Å². The molecule has 1 aromatic rings. The Balaban J connectivity index is 3.08. The molecular weight excluding hydrogens is 296 g/mol. The molecule has 0 aromatic carbocycles. The zero-order chi connectivity index (χ0) is 12.3. The topological polar surface area (TPSA) is 39.2 Å². The number of carbonyl (C=O) groups excluding carboxylic acids is 1. The van der Waals surface area contributed by atoms with Gasteiger partial charge in [-0.05, 0) is 6.07 Å². The Hall–Kier alpha value is -0.480. The van der Waals surface area contributed by atoms with Crippen molar-refractivity contribution in [2.24, 2.45) is 0 Å². The minimum Gasteiger partial charge on any atom is -0.404 e. The second-order valence-electron chi connectivity index (χ2n) is 2.64. The van der Waals surface area contributed by atoms with Gasteiger partial charge in [0.2, 0.25) is 9.67 Å². The van der Waals surface area contributed by atoms with E-state index in [0.717, 1.165) is 6.08 Å². The van der Waals surface area contributed by atoms with Gasteiger partial charge in [0.1, 0.15) is 5.15 Å². The highest BCUT2D eigenvalue weighted by molar-refractivity contribution is 6.66. The number of rotatable bonds is 2. The number of hydrogen-bond acceptors (Lipinski definition) is 3. The highest BCUT2D eigenvalue weighted by Crippen LogP contribution is 2.39. The summed E-state index contributed by atoms with van der Waals surface area (Å²) in [6.07, 6.45) is 0.984. The lowest BCUT2D eigenvalue weighted by Crippen LogP contribution is -2.07. The molecule has 0 bridgehead atoms.